The van der Waals surface area contributed by atoms with Crippen molar-refractivity contribution >= 4 is 27.5 Å². The van der Waals surface area contributed by atoms with Crippen LogP contribution in [0.2, 0.25) is 0 Å². The largest absolute Gasteiger partial charge is 0.352 e. The molecule has 3 aromatic carbocycles. The maximum atomic E-state index is 14.1. The van der Waals surface area contributed by atoms with Crippen molar-refractivity contribution in [2.75, 3.05) is 10.8 Å². The van der Waals surface area contributed by atoms with Gasteiger partial charge in [-0.25, -0.2) is 8.42 Å². The average molecular weight is 564 g/mol. The third kappa shape index (κ3) is 7.72. The Hall–Kier alpha value is -3.65. The second-order valence-corrected chi connectivity index (χ2v) is 12.3. The molecular weight excluding hydrogens is 522 g/mol. The Morgan fingerprint density at radius 3 is 1.77 bits per heavy atom. The van der Waals surface area contributed by atoms with E-state index in [1.54, 1.807) is 36.4 Å². The quantitative estimate of drug-likeness (QED) is 0.314. The summed E-state index contributed by atoms with van der Waals surface area (Å²) in [4.78, 5) is 29.0. The van der Waals surface area contributed by atoms with Gasteiger partial charge in [0.05, 0.1) is 10.6 Å². The summed E-state index contributed by atoms with van der Waals surface area (Å²) >= 11 is 0. The fraction of sp³-hybridized carbons (Fsp3) is 0.375. The number of hydrogen-bond acceptors (Lipinski definition) is 4. The lowest BCUT2D eigenvalue weighted by Crippen LogP contribution is -2.53. The predicted octanol–water partition coefficient (Wildman–Crippen LogP) is 5.53. The summed E-state index contributed by atoms with van der Waals surface area (Å²) in [7, 11) is -4.08. The van der Waals surface area contributed by atoms with Gasteiger partial charge in [-0.3, -0.25) is 13.9 Å². The minimum atomic E-state index is -4.08. The zero-order valence-corrected chi connectivity index (χ0v) is 25.2. The lowest BCUT2D eigenvalue weighted by Gasteiger charge is -2.33. The summed E-state index contributed by atoms with van der Waals surface area (Å²) in [5.74, 6) is -0.705. The predicted molar refractivity (Wildman–Crippen MR) is 161 cm³/mol. The number of sulfonamides is 1. The second-order valence-electron chi connectivity index (χ2n) is 10.4. The van der Waals surface area contributed by atoms with Crippen molar-refractivity contribution < 1.29 is 18.0 Å². The zero-order chi connectivity index (χ0) is 29.4. The van der Waals surface area contributed by atoms with Crippen LogP contribution >= 0.6 is 0 Å². The van der Waals surface area contributed by atoms with E-state index in [2.05, 4.69) is 5.32 Å². The highest BCUT2D eigenvalue weighted by atomic mass is 32.2. The smallest absolute Gasteiger partial charge is 0.264 e. The van der Waals surface area contributed by atoms with Crippen molar-refractivity contribution in [1.82, 2.24) is 10.2 Å². The Balaban J connectivity index is 2.04. The summed E-state index contributed by atoms with van der Waals surface area (Å²) < 4.78 is 29.0. The van der Waals surface area contributed by atoms with Crippen LogP contribution in [0.5, 0.6) is 0 Å². The number of aryl methyl sites for hydroxylation is 3. The number of anilines is 1. The van der Waals surface area contributed by atoms with Gasteiger partial charge in [-0.2, -0.15) is 0 Å². The van der Waals surface area contributed by atoms with Crippen molar-refractivity contribution in [3.8, 4) is 0 Å². The number of carbonyl (C=O) groups excluding carboxylic acids is 2. The lowest BCUT2D eigenvalue weighted by molar-refractivity contribution is -0.140. The molecule has 214 valence electrons. The number of hydrogen-bond donors (Lipinski definition) is 1. The topological polar surface area (TPSA) is 86.8 Å². The lowest BCUT2D eigenvalue weighted by atomic mass is 10.1. The molecule has 3 rings (SSSR count). The van der Waals surface area contributed by atoms with E-state index in [0.29, 0.717) is 12.1 Å². The van der Waals surface area contributed by atoms with E-state index >= 15 is 0 Å². The number of carbonyl (C=O) groups is 2. The maximum Gasteiger partial charge on any atom is 0.264 e. The standard InChI is InChI=1S/C32H41N3O4S/c1-7-26(6)33-32(37)30(8-2)34(21-27-15-9-23(3)10-16-27)31(36)22-35(28-17-11-24(4)12-18-28)40(38,39)29-19-13-25(5)14-20-29/h9-20,26,30H,7-8,21-22H2,1-6H3,(H,33,37)/t26-,30-/m0/s1. The van der Waals surface area contributed by atoms with Gasteiger partial charge in [0.2, 0.25) is 11.8 Å². The SMILES string of the molecule is CC[C@H](C)NC(=O)[C@H](CC)N(Cc1ccc(C)cc1)C(=O)CN(c1ccc(C)cc1)S(=O)(=O)c1ccc(C)cc1. The molecule has 0 bridgehead atoms. The summed E-state index contributed by atoms with van der Waals surface area (Å²) in [5, 5.41) is 3.00. The van der Waals surface area contributed by atoms with E-state index in [9.17, 15) is 18.0 Å². The monoisotopic (exact) mass is 563 g/mol. The van der Waals surface area contributed by atoms with Crippen molar-refractivity contribution in [1.29, 1.82) is 0 Å². The number of amides is 2. The molecule has 3 aromatic rings. The van der Waals surface area contributed by atoms with Crippen LogP contribution in [0.3, 0.4) is 0 Å². The molecule has 0 aliphatic rings. The van der Waals surface area contributed by atoms with Gasteiger partial charge in [0.25, 0.3) is 10.0 Å². The van der Waals surface area contributed by atoms with Crippen LogP contribution in [-0.2, 0) is 26.2 Å². The Morgan fingerprint density at radius 2 is 1.27 bits per heavy atom. The molecule has 0 aliphatic carbocycles. The average Bonchev–Trinajstić information content (AvgIpc) is 2.93. The Kier molecular flexibility index (Phi) is 10.5. The first-order valence-corrected chi connectivity index (χ1v) is 15.2. The van der Waals surface area contributed by atoms with Crippen molar-refractivity contribution in [3.05, 3.63) is 95.1 Å². The first kappa shape index (κ1) is 30.9. The van der Waals surface area contributed by atoms with Gasteiger partial charge in [0.1, 0.15) is 12.6 Å². The van der Waals surface area contributed by atoms with Crippen molar-refractivity contribution in [3.63, 3.8) is 0 Å². The minimum absolute atomic E-state index is 0.0520. The van der Waals surface area contributed by atoms with Gasteiger partial charge >= 0.3 is 0 Å². The number of nitrogens with one attached hydrogen (secondary N) is 1. The van der Waals surface area contributed by atoms with E-state index in [0.717, 1.165) is 33.0 Å². The first-order valence-electron chi connectivity index (χ1n) is 13.8. The fourth-order valence-corrected chi connectivity index (χ4v) is 5.74. The van der Waals surface area contributed by atoms with E-state index in [1.165, 1.54) is 4.90 Å². The van der Waals surface area contributed by atoms with E-state index < -0.39 is 28.5 Å². The first-order chi connectivity index (χ1) is 19.0. The molecule has 40 heavy (non-hydrogen) atoms. The van der Waals surface area contributed by atoms with Crippen LogP contribution in [0.25, 0.3) is 0 Å². The molecule has 0 unspecified atom stereocenters. The summed E-state index contributed by atoms with van der Waals surface area (Å²) in [5.41, 5.74) is 4.22. The fourth-order valence-electron chi connectivity index (χ4n) is 4.33. The maximum absolute atomic E-state index is 14.1. The van der Waals surface area contributed by atoms with Crippen molar-refractivity contribution in [2.24, 2.45) is 0 Å². The van der Waals surface area contributed by atoms with E-state index in [4.69, 9.17) is 0 Å². The van der Waals surface area contributed by atoms with Crippen molar-refractivity contribution in [2.45, 2.75) is 77.9 Å². The number of benzene rings is 3. The molecule has 2 atom stereocenters. The summed E-state index contributed by atoms with van der Waals surface area (Å²) in [6.45, 7) is 11.3. The highest BCUT2D eigenvalue weighted by molar-refractivity contribution is 7.92. The third-order valence-corrected chi connectivity index (χ3v) is 8.86. The molecule has 0 aromatic heterocycles. The van der Waals surface area contributed by atoms with Gasteiger partial charge in [-0.1, -0.05) is 79.1 Å². The van der Waals surface area contributed by atoms with Crippen LogP contribution < -0.4 is 9.62 Å². The van der Waals surface area contributed by atoms with Crippen LogP contribution in [0.1, 0.15) is 55.9 Å². The number of nitrogens with zero attached hydrogens (tertiary/aromatic N) is 2. The highest BCUT2D eigenvalue weighted by Gasteiger charge is 2.34. The molecule has 0 saturated carbocycles. The third-order valence-electron chi connectivity index (χ3n) is 7.07. The Bertz CT molecular complexity index is 1390. The molecule has 0 radical (unpaired) electrons. The molecule has 0 heterocycles. The highest BCUT2D eigenvalue weighted by Crippen LogP contribution is 2.25. The Morgan fingerprint density at radius 1 is 0.775 bits per heavy atom. The number of rotatable bonds is 12. The molecule has 0 aliphatic heterocycles. The molecule has 8 heteroatoms. The van der Waals surface area contributed by atoms with Crippen LogP contribution in [0.15, 0.2) is 77.7 Å². The summed E-state index contributed by atoms with van der Waals surface area (Å²) in [6, 6.07) is 20.6. The zero-order valence-electron chi connectivity index (χ0n) is 24.3. The molecular formula is C32H41N3O4S. The van der Waals surface area contributed by atoms with Gasteiger partial charge < -0.3 is 10.2 Å². The van der Waals surface area contributed by atoms with Crippen LogP contribution in [0, 0.1) is 20.8 Å². The van der Waals surface area contributed by atoms with Gasteiger partial charge in [0, 0.05) is 12.6 Å². The van der Waals surface area contributed by atoms with Gasteiger partial charge in [0.15, 0.2) is 0 Å². The normalized spacial score (nSPS) is 12.8. The summed E-state index contributed by atoms with van der Waals surface area (Å²) in [6.07, 6.45) is 1.14. The minimum Gasteiger partial charge on any atom is -0.352 e. The molecule has 2 amide bonds. The molecule has 0 spiro atoms. The van der Waals surface area contributed by atoms with Crippen LogP contribution in [0.4, 0.5) is 5.69 Å². The van der Waals surface area contributed by atoms with Gasteiger partial charge in [-0.05, 0) is 70.4 Å². The van der Waals surface area contributed by atoms with E-state index in [-0.39, 0.29) is 23.4 Å². The second kappa shape index (κ2) is 13.6. The Labute approximate surface area is 239 Å². The molecule has 7 nitrogen and oxygen atoms in total. The van der Waals surface area contributed by atoms with Gasteiger partial charge in [-0.15, -0.1) is 0 Å². The molecule has 1 N–H and O–H groups in total. The van der Waals surface area contributed by atoms with E-state index in [1.807, 2.05) is 77.9 Å². The molecule has 0 saturated heterocycles. The van der Waals surface area contributed by atoms with Crippen LogP contribution in [-0.4, -0.2) is 43.8 Å². The molecule has 0 fully saturated rings.